The van der Waals surface area contributed by atoms with Gasteiger partial charge in [0.15, 0.2) is 8.32 Å². The van der Waals surface area contributed by atoms with Crippen LogP contribution in [0.15, 0.2) is 35.4 Å². The molecule has 0 bridgehead atoms. The topological polar surface area (TPSA) is 71.1 Å². The number of benzene rings is 1. The van der Waals surface area contributed by atoms with Crippen molar-refractivity contribution in [3.63, 3.8) is 0 Å². The molecule has 0 atom stereocenters. The molecule has 0 heterocycles. The van der Waals surface area contributed by atoms with E-state index in [1.54, 1.807) is 0 Å². The smallest absolute Gasteiger partial charge is 0.334 e. The van der Waals surface area contributed by atoms with Crippen LogP contribution in [0.3, 0.4) is 0 Å². The fourth-order valence-electron chi connectivity index (χ4n) is 4.44. The Morgan fingerprint density at radius 2 is 1.26 bits per heavy atom. The van der Waals surface area contributed by atoms with Gasteiger partial charge < -0.3 is 18.3 Å². The summed E-state index contributed by atoms with van der Waals surface area (Å²) in [6.45, 7) is 22.4. The van der Waals surface area contributed by atoms with Gasteiger partial charge in [-0.15, -0.1) is 0 Å². The second kappa shape index (κ2) is 12.7. The van der Waals surface area contributed by atoms with Crippen molar-refractivity contribution < 1.29 is 27.9 Å². The van der Waals surface area contributed by atoms with E-state index in [-0.39, 0.29) is 28.5 Å². The van der Waals surface area contributed by atoms with Crippen LogP contribution in [0.2, 0.25) is 36.3 Å². The van der Waals surface area contributed by atoms with Crippen molar-refractivity contribution in [2.75, 3.05) is 14.2 Å². The van der Waals surface area contributed by atoms with Crippen LogP contribution in [0.4, 0.5) is 0 Å². The van der Waals surface area contributed by atoms with Crippen LogP contribution in [0, 0.1) is 5.92 Å². The number of hydrogen-bond donors (Lipinski definition) is 0. The van der Waals surface area contributed by atoms with E-state index in [1.807, 2.05) is 24.3 Å². The van der Waals surface area contributed by atoms with Gasteiger partial charge in [-0.25, -0.2) is 9.59 Å². The third-order valence-corrected chi connectivity index (χ3v) is 17.9. The van der Waals surface area contributed by atoms with Crippen molar-refractivity contribution in [2.24, 2.45) is 5.92 Å². The molecule has 0 spiro atoms. The molecule has 39 heavy (non-hydrogen) atoms. The first-order chi connectivity index (χ1) is 17.8. The molecule has 8 heteroatoms. The Balaban J connectivity index is 2.30. The summed E-state index contributed by atoms with van der Waals surface area (Å²) in [4.78, 5) is 26.1. The van der Waals surface area contributed by atoms with E-state index in [9.17, 15) is 9.59 Å². The molecule has 0 N–H and O–H groups in total. The zero-order valence-electron chi connectivity index (χ0n) is 26.4. The van der Waals surface area contributed by atoms with Crippen LogP contribution in [0.1, 0.15) is 72.8 Å². The summed E-state index contributed by atoms with van der Waals surface area (Å²) in [5, 5.41) is 0.237. The lowest BCUT2D eigenvalue weighted by atomic mass is 9.79. The Morgan fingerprint density at radius 3 is 1.69 bits per heavy atom. The molecule has 0 aliphatic heterocycles. The zero-order chi connectivity index (χ0) is 29.8. The number of carbonyl (C=O) groups excluding carboxylic acids is 2. The molecule has 2 rings (SSSR count). The van der Waals surface area contributed by atoms with Gasteiger partial charge in [0, 0.05) is 12.5 Å². The Morgan fingerprint density at radius 1 is 0.769 bits per heavy atom. The number of esters is 2. The SMILES string of the molecule is COC(=O)C(Cc1ccc(O[Si](C)(C)C(C)(C)C)cc1)=C(C(=O)OC)[C@H]1CC[C@@H](O[Si](C)(C)C(C)(C)C)CC1. The fraction of sp³-hybridized carbons (Fsp3) is 0.677. The highest BCUT2D eigenvalue weighted by atomic mass is 28.4. The van der Waals surface area contributed by atoms with E-state index in [4.69, 9.17) is 18.3 Å². The minimum atomic E-state index is -1.96. The molecule has 1 saturated carbocycles. The van der Waals surface area contributed by atoms with Crippen LogP contribution in [0.5, 0.6) is 5.75 Å². The third kappa shape index (κ3) is 8.54. The number of carbonyl (C=O) groups is 2. The summed E-state index contributed by atoms with van der Waals surface area (Å²) < 4.78 is 23.4. The molecule has 1 fully saturated rings. The monoisotopic (exact) mass is 576 g/mol. The summed E-state index contributed by atoms with van der Waals surface area (Å²) >= 11 is 0. The second-order valence-electron chi connectivity index (χ2n) is 13.9. The highest BCUT2D eigenvalue weighted by molar-refractivity contribution is 6.75. The van der Waals surface area contributed by atoms with Crippen LogP contribution in [0.25, 0.3) is 0 Å². The van der Waals surface area contributed by atoms with Gasteiger partial charge in [-0.3, -0.25) is 0 Å². The maximum atomic E-state index is 13.1. The first-order valence-corrected chi connectivity index (χ1v) is 20.0. The van der Waals surface area contributed by atoms with Gasteiger partial charge in [0.25, 0.3) is 0 Å². The fourth-order valence-corrected chi connectivity index (χ4v) is 6.89. The highest BCUT2D eigenvalue weighted by Crippen LogP contribution is 2.41. The normalized spacial score (nSPS) is 19.7. The van der Waals surface area contributed by atoms with Crippen LogP contribution >= 0.6 is 0 Å². The van der Waals surface area contributed by atoms with Crippen LogP contribution < -0.4 is 4.43 Å². The van der Waals surface area contributed by atoms with E-state index in [0.717, 1.165) is 37.0 Å². The van der Waals surface area contributed by atoms with Crippen molar-refractivity contribution in [1.29, 1.82) is 0 Å². The van der Waals surface area contributed by atoms with Crippen LogP contribution in [-0.4, -0.2) is 48.9 Å². The predicted octanol–water partition coefficient (Wildman–Crippen LogP) is 7.84. The lowest BCUT2D eigenvalue weighted by molar-refractivity contribution is -0.140. The summed E-state index contributed by atoms with van der Waals surface area (Å²) in [7, 11) is -1.12. The van der Waals surface area contributed by atoms with E-state index >= 15 is 0 Å². The quantitative estimate of drug-likeness (QED) is 0.169. The average molecular weight is 577 g/mol. The van der Waals surface area contributed by atoms with Crippen molar-refractivity contribution in [3.05, 3.63) is 41.0 Å². The van der Waals surface area contributed by atoms with Gasteiger partial charge in [-0.2, -0.15) is 0 Å². The van der Waals surface area contributed by atoms with Crippen molar-refractivity contribution in [1.82, 2.24) is 0 Å². The standard InChI is InChI=1S/C31H52O6Si2/c1-30(2,3)38(9,10)36-24-17-13-22(14-18-24)21-26(28(32)34-7)27(29(33)35-8)23-15-19-25(20-16-23)37-39(11,12)31(4,5)6/h13-14,17-18,23,25H,15-16,19-21H2,1-12H3/t23-,25+. The minimum Gasteiger partial charge on any atom is -0.544 e. The highest BCUT2D eigenvalue weighted by Gasteiger charge is 2.41. The minimum absolute atomic E-state index is 0.0768. The summed E-state index contributed by atoms with van der Waals surface area (Å²) in [5.74, 6) is -0.201. The Kier molecular flexibility index (Phi) is 10.9. The molecule has 1 aromatic carbocycles. The summed E-state index contributed by atoms with van der Waals surface area (Å²) in [5.41, 5.74) is 1.72. The molecular formula is C31H52O6Si2. The number of hydrogen-bond acceptors (Lipinski definition) is 6. The molecule has 1 aromatic rings. The lowest BCUT2D eigenvalue weighted by Crippen LogP contribution is -2.44. The van der Waals surface area contributed by atoms with Crippen molar-refractivity contribution in [3.8, 4) is 5.75 Å². The molecule has 220 valence electrons. The third-order valence-electron chi connectivity index (χ3n) is 9.00. The van der Waals surface area contributed by atoms with Gasteiger partial charge in [0.2, 0.25) is 8.32 Å². The first-order valence-electron chi connectivity index (χ1n) is 14.2. The molecule has 6 nitrogen and oxygen atoms in total. The molecule has 1 aliphatic rings. The van der Waals surface area contributed by atoms with Crippen LogP contribution in [-0.2, 0) is 29.9 Å². The Labute approximate surface area is 239 Å². The second-order valence-corrected chi connectivity index (χ2v) is 23.4. The van der Waals surface area contributed by atoms with E-state index in [1.165, 1.54) is 14.2 Å². The van der Waals surface area contributed by atoms with E-state index < -0.39 is 28.6 Å². The molecule has 1 aliphatic carbocycles. The summed E-state index contributed by atoms with van der Waals surface area (Å²) in [6.07, 6.45) is 3.71. The lowest BCUT2D eigenvalue weighted by Gasteiger charge is -2.41. The first kappa shape index (κ1) is 33.3. The largest absolute Gasteiger partial charge is 0.544 e. The molecule has 0 radical (unpaired) electrons. The molecule has 0 unspecified atom stereocenters. The molecule has 0 amide bonds. The maximum Gasteiger partial charge on any atom is 0.334 e. The number of methoxy groups -OCH3 is 2. The zero-order valence-corrected chi connectivity index (χ0v) is 28.4. The Bertz CT molecular complexity index is 1020. The molecular weight excluding hydrogens is 525 g/mol. The van der Waals surface area contributed by atoms with Gasteiger partial charge in [-0.1, -0.05) is 53.7 Å². The number of ether oxygens (including phenoxy) is 2. The van der Waals surface area contributed by atoms with Crippen molar-refractivity contribution in [2.45, 2.75) is 116 Å². The Hall–Kier alpha value is -1.91. The van der Waals surface area contributed by atoms with E-state index in [0.29, 0.717) is 11.1 Å². The van der Waals surface area contributed by atoms with Crippen molar-refractivity contribution >= 4 is 28.6 Å². The average Bonchev–Trinajstić information content (AvgIpc) is 2.83. The molecule has 0 saturated heterocycles. The maximum absolute atomic E-state index is 13.1. The van der Waals surface area contributed by atoms with Gasteiger partial charge in [0.05, 0.1) is 25.4 Å². The van der Waals surface area contributed by atoms with Gasteiger partial charge in [-0.05, 0) is 85.6 Å². The van der Waals surface area contributed by atoms with E-state index in [2.05, 4.69) is 67.7 Å². The number of rotatable bonds is 9. The van der Waals surface area contributed by atoms with Gasteiger partial charge >= 0.3 is 11.9 Å². The molecule has 0 aromatic heterocycles. The predicted molar refractivity (Wildman–Crippen MR) is 163 cm³/mol. The van der Waals surface area contributed by atoms with Gasteiger partial charge in [0.1, 0.15) is 5.75 Å². The summed E-state index contributed by atoms with van der Waals surface area (Å²) in [6, 6.07) is 7.83.